The normalized spacial score (nSPS) is 10.6. The number of nitrogens with one attached hydrogen (secondary N) is 1. The molecule has 1 aromatic carbocycles. The summed E-state index contributed by atoms with van der Waals surface area (Å²) >= 11 is 5.74. The molecular formula is C13H10ClNO2. The number of rotatable bonds is 3. The summed E-state index contributed by atoms with van der Waals surface area (Å²) in [7, 11) is 0. The van der Waals surface area contributed by atoms with Crippen LogP contribution in [0.3, 0.4) is 0 Å². The highest BCUT2D eigenvalue weighted by Crippen LogP contribution is 2.13. The van der Waals surface area contributed by atoms with E-state index in [1.807, 2.05) is 0 Å². The van der Waals surface area contributed by atoms with Gasteiger partial charge in [-0.15, -0.1) is 0 Å². The fraction of sp³-hybridized carbons (Fsp3) is 0. The molecule has 2 aromatic rings. The minimum absolute atomic E-state index is 0.219. The van der Waals surface area contributed by atoms with E-state index in [-0.39, 0.29) is 5.91 Å². The largest absolute Gasteiger partial charge is 0.465 e. The van der Waals surface area contributed by atoms with E-state index >= 15 is 0 Å². The third-order valence-corrected chi connectivity index (χ3v) is 2.31. The number of halogens is 1. The first kappa shape index (κ1) is 11.5. The van der Waals surface area contributed by atoms with Gasteiger partial charge in [0.1, 0.15) is 5.76 Å². The van der Waals surface area contributed by atoms with Gasteiger partial charge in [-0.3, -0.25) is 4.79 Å². The third kappa shape index (κ3) is 3.50. The summed E-state index contributed by atoms with van der Waals surface area (Å²) in [5, 5.41) is 3.34. The average molecular weight is 248 g/mol. The Labute approximate surface area is 104 Å². The molecule has 0 aliphatic heterocycles. The molecule has 1 heterocycles. The summed E-state index contributed by atoms with van der Waals surface area (Å²) < 4.78 is 5.07. The van der Waals surface area contributed by atoms with E-state index in [0.29, 0.717) is 16.5 Å². The fourth-order valence-electron chi connectivity index (χ4n) is 1.26. The second-order valence-corrected chi connectivity index (χ2v) is 3.78. The molecule has 0 radical (unpaired) electrons. The van der Waals surface area contributed by atoms with Crippen LogP contribution in [0.25, 0.3) is 6.08 Å². The quantitative estimate of drug-likeness (QED) is 0.843. The highest BCUT2D eigenvalue weighted by Gasteiger charge is 1.98. The van der Waals surface area contributed by atoms with Crippen LogP contribution in [-0.4, -0.2) is 5.91 Å². The number of amides is 1. The lowest BCUT2D eigenvalue weighted by atomic mass is 10.3. The molecule has 0 saturated carbocycles. The van der Waals surface area contributed by atoms with Crippen LogP contribution in [0.15, 0.2) is 53.2 Å². The molecule has 2 rings (SSSR count). The highest BCUT2D eigenvalue weighted by atomic mass is 35.5. The van der Waals surface area contributed by atoms with Crippen molar-refractivity contribution in [1.29, 1.82) is 0 Å². The zero-order chi connectivity index (χ0) is 12.1. The topological polar surface area (TPSA) is 42.2 Å². The molecule has 0 bridgehead atoms. The van der Waals surface area contributed by atoms with Gasteiger partial charge in [-0.1, -0.05) is 11.6 Å². The van der Waals surface area contributed by atoms with Gasteiger partial charge in [-0.25, -0.2) is 0 Å². The van der Waals surface area contributed by atoms with Crippen molar-refractivity contribution in [1.82, 2.24) is 0 Å². The molecule has 0 spiro atoms. The highest BCUT2D eigenvalue weighted by molar-refractivity contribution is 6.30. The van der Waals surface area contributed by atoms with E-state index in [4.69, 9.17) is 16.0 Å². The van der Waals surface area contributed by atoms with Crippen molar-refractivity contribution in [3.8, 4) is 0 Å². The second kappa shape index (κ2) is 5.37. The van der Waals surface area contributed by atoms with Crippen LogP contribution >= 0.6 is 11.6 Å². The minimum atomic E-state index is -0.219. The number of hydrogen-bond acceptors (Lipinski definition) is 2. The predicted molar refractivity (Wildman–Crippen MR) is 67.8 cm³/mol. The van der Waals surface area contributed by atoms with Crippen LogP contribution in [-0.2, 0) is 4.79 Å². The first-order valence-corrected chi connectivity index (χ1v) is 5.40. The smallest absolute Gasteiger partial charge is 0.248 e. The monoisotopic (exact) mass is 247 g/mol. The summed E-state index contributed by atoms with van der Waals surface area (Å²) in [5.74, 6) is 0.417. The van der Waals surface area contributed by atoms with E-state index in [0.717, 1.165) is 0 Å². The Bertz CT molecular complexity index is 515. The zero-order valence-electron chi connectivity index (χ0n) is 8.89. The summed E-state index contributed by atoms with van der Waals surface area (Å²) in [6.07, 6.45) is 4.56. The molecule has 1 amide bonds. The number of benzene rings is 1. The lowest BCUT2D eigenvalue weighted by Crippen LogP contribution is -2.07. The molecule has 3 nitrogen and oxygen atoms in total. The Balaban J connectivity index is 1.95. The predicted octanol–water partition coefficient (Wildman–Crippen LogP) is 3.58. The van der Waals surface area contributed by atoms with Gasteiger partial charge < -0.3 is 9.73 Å². The van der Waals surface area contributed by atoms with E-state index in [2.05, 4.69) is 5.32 Å². The van der Waals surface area contributed by atoms with Crippen molar-refractivity contribution in [2.24, 2.45) is 0 Å². The van der Waals surface area contributed by atoms with Gasteiger partial charge in [-0.2, -0.15) is 0 Å². The molecule has 4 heteroatoms. The van der Waals surface area contributed by atoms with E-state index in [1.165, 1.54) is 6.08 Å². The van der Waals surface area contributed by atoms with E-state index in [1.54, 1.807) is 48.7 Å². The molecule has 0 aliphatic rings. The molecule has 0 aliphatic carbocycles. The number of hydrogen-bond donors (Lipinski definition) is 1. The Morgan fingerprint density at radius 3 is 2.65 bits per heavy atom. The molecule has 17 heavy (non-hydrogen) atoms. The zero-order valence-corrected chi connectivity index (χ0v) is 9.65. The Kier molecular flexibility index (Phi) is 3.62. The summed E-state index contributed by atoms with van der Waals surface area (Å²) in [4.78, 5) is 11.5. The lowest BCUT2D eigenvalue weighted by molar-refractivity contribution is -0.111. The molecule has 0 saturated heterocycles. The Morgan fingerprint density at radius 1 is 1.24 bits per heavy atom. The van der Waals surface area contributed by atoms with Crippen LogP contribution in [0.4, 0.5) is 5.69 Å². The van der Waals surface area contributed by atoms with Gasteiger partial charge in [0.25, 0.3) is 0 Å². The molecule has 86 valence electrons. The van der Waals surface area contributed by atoms with Crippen molar-refractivity contribution in [3.63, 3.8) is 0 Å². The third-order valence-electron chi connectivity index (χ3n) is 2.05. The van der Waals surface area contributed by atoms with Crippen LogP contribution in [0.2, 0.25) is 5.02 Å². The average Bonchev–Trinajstić information content (AvgIpc) is 2.83. The maximum absolute atomic E-state index is 11.5. The van der Waals surface area contributed by atoms with Crippen molar-refractivity contribution in [3.05, 3.63) is 59.5 Å². The fourth-order valence-corrected chi connectivity index (χ4v) is 1.39. The van der Waals surface area contributed by atoms with Crippen LogP contribution in [0, 0.1) is 0 Å². The van der Waals surface area contributed by atoms with Crippen LogP contribution in [0.5, 0.6) is 0 Å². The van der Waals surface area contributed by atoms with Gasteiger partial charge >= 0.3 is 0 Å². The van der Waals surface area contributed by atoms with Gasteiger partial charge in [0.15, 0.2) is 0 Å². The van der Waals surface area contributed by atoms with Crippen molar-refractivity contribution >= 4 is 29.3 Å². The van der Waals surface area contributed by atoms with Gasteiger partial charge in [0.2, 0.25) is 5.91 Å². The van der Waals surface area contributed by atoms with Crippen molar-refractivity contribution < 1.29 is 9.21 Å². The molecule has 0 atom stereocenters. The Hall–Kier alpha value is -2.00. The number of carbonyl (C=O) groups is 1. The van der Waals surface area contributed by atoms with Gasteiger partial charge in [0.05, 0.1) is 6.26 Å². The van der Waals surface area contributed by atoms with Crippen LogP contribution in [0.1, 0.15) is 5.76 Å². The molecular weight excluding hydrogens is 238 g/mol. The van der Waals surface area contributed by atoms with E-state index < -0.39 is 0 Å². The maximum atomic E-state index is 11.5. The summed E-state index contributed by atoms with van der Waals surface area (Å²) in [5.41, 5.74) is 0.698. The lowest BCUT2D eigenvalue weighted by Gasteiger charge is -2.01. The van der Waals surface area contributed by atoms with Crippen molar-refractivity contribution in [2.45, 2.75) is 0 Å². The number of furan rings is 1. The van der Waals surface area contributed by atoms with Crippen LogP contribution < -0.4 is 5.32 Å². The number of carbonyl (C=O) groups excluding carboxylic acids is 1. The molecule has 0 unspecified atom stereocenters. The standard InChI is InChI=1S/C13H10ClNO2/c14-10-3-5-11(6-4-10)15-13(16)8-7-12-2-1-9-17-12/h1-9H,(H,15,16)/b8-7+. The minimum Gasteiger partial charge on any atom is -0.465 e. The maximum Gasteiger partial charge on any atom is 0.248 e. The molecule has 1 N–H and O–H groups in total. The second-order valence-electron chi connectivity index (χ2n) is 3.34. The van der Waals surface area contributed by atoms with Gasteiger partial charge in [0, 0.05) is 16.8 Å². The number of anilines is 1. The SMILES string of the molecule is O=C(/C=C/c1ccco1)Nc1ccc(Cl)cc1. The molecule has 1 aromatic heterocycles. The van der Waals surface area contributed by atoms with Gasteiger partial charge in [-0.05, 0) is 42.5 Å². The summed E-state index contributed by atoms with van der Waals surface area (Å²) in [6, 6.07) is 10.4. The molecule has 0 fully saturated rings. The first-order valence-electron chi connectivity index (χ1n) is 5.02. The van der Waals surface area contributed by atoms with E-state index in [9.17, 15) is 4.79 Å². The summed E-state index contributed by atoms with van der Waals surface area (Å²) in [6.45, 7) is 0. The van der Waals surface area contributed by atoms with Crippen molar-refractivity contribution in [2.75, 3.05) is 5.32 Å². The Morgan fingerprint density at radius 2 is 2.00 bits per heavy atom. The first-order chi connectivity index (χ1) is 8.24.